The topological polar surface area (TPSA) is 60.7 Å². The molecule has 5 heteroatoms. The van der Waals surface area contributed by atoms with Crippen LogP contribution in [0.15, 0.2) is 16.5 Å². The molecule has 1 aliphatic heterocycles. The molecule has 0 aromatic carbocycles. The van der Waals surface area contributed by atoms with Gasteiger partial charge in [0.15, 0.2) is 0 Å². The van der Waals surface area contributed by atoms with E-state index in [0.29, 0.717) is 12.5 Å². The highest BCUT2D eigenvalue weighted by Crippen LogP contribution is 2.15. The smallest absolute Gasteiger partial charge is 0.373 e. The summed E-state index contributed by atoms with van der Waals surface area (Å²) in [7, 11) is 1.34. The molecule has 0 bridgehead atoms. The summed E-state index contributed by atoms with van der Waals surface area (Å²) in [5, 5.41) is 3.30. The number of esters is 1. The van der Waals surface area contributed by atoms with Gasteiger partial charge in [0.1, 0.15) is 5.76 Å². The van der Waals surface area contributed by atoms with Gasteiger partial charge in [-0.25, -0.2) is 4.79 Å². The summed E-state index contributed by atoms with van der Waals surface area (Å²) in [5.74, 6) is 1.24. The van der Waals surface area contributed by atoms with E-state index >= 15 is 0 Å². The predicted octanol–water partition coefficient (Wildman–Crippen LogP) is 1.58. The van der Waals surface area contributed by atoms with Crippen LogP contribution in [0.3, 0.4) is 0 Å². The number of ether oxygens (including phenoxy) is 2. The Morgan fingerprint density at radius 3 is 3.17 bits per heavy atom. The average Bonchev–Trinajstić information content (AvgIpc) is 3.05. The Morgan fingerprint density at radius 1 is 1.56 bits per heavy atom. The molecule has 1 unspecified atom stereocenters. The molecule has 1 fully saturated rings. The summed E-state index contributed by atoms with van der Waals surface area (Å²) in [6.07, 6.45) is 2.28. The maximum Gasteiger partial charge on any atom is 0.373 e. The fraction of sp³-hybridized carbons (Fsp3) is 0.615. The Bertz CT molecular complexity index is 382. The molecule has 2 rings (SSSR count). The van der Waals surface area contributed by atoms with E-state index in [1.807, 2.05) is 0 Å². The number of furan rings is 1. The monoisotopic (exact) mass is 253 g/mol. The van der Waals surface area contributed by atoms with Crippen molar-refractivity contribution >= 4 is 5.97 Å². The van der Waals surface area contributed by atoms with Crippen LogP contribution in [0, 0.1) is 5.92 Å². The largest absolute Gasteiger partial charge is 0.463 e. The summed E-state index contributed by atoms with van der Waals surface area (Å²) in [6.45, 7) is 3.34. The minimum absolute atomic E-state index is 0.249. The lowest BCUT2D eigenvalue weighted by molar-refractivity contribution is 0.0563. The maximum atomic E-state index is 11.2. The normalized spacial score (nSPS) is 19.1. The SMILES string of the molecule is COC(=O)c1ccc(CNCCC2CCOC2)o1. The van der Waals surface area contributed by atoms with E-state index < -0.39 is 5.97 Å². The number of nitrogens with one attached hydrogen (secondary N) is 1. The third-order valence-corrected chi connectivity index (χ3v) is 3.10. The van der Waals surface area contributed by atoms with Gasteiger partial charge in [-0.1, -0.05) is 0 Å². The molecule has 1 saturated heterocycles. The van der Waals surface area contributed by atoms with Crippen molar-refractivity contribution in [2.75, 3.05) is 26.9 Å². The highest BCUT2D eigenvalue weighted by atomic mass is 16.5. The maximum absolute atomic E-state index is 11.2. The molecule has 0 aliphatic carbocycles. The van der Waals surface area contributed by atoms with Gasteiger partial charge in [0, 0.05) is 13.2 Å². The Balaban J connectivity index is 1.66. The molecule has 100 valence electrons. The summed E-state index contributed by atoms with van der Waals surface area (Å²) >= 11 is 0. The van der Waals surface area contributed by atoms with Gasteiger partial charge in [-0.3, -0.25) is 0 Å². The number of rotatable bonds is 6. The van der Waals surface area contributed by atoms with Crippen LogP contribution in [0.5, 0.6) is 0 Å². The first kappa shape index (κ1) is 13.1. The average molecular weight is 253 g/mol. The van der Waals surface area contributed by atoms with Gasteiger partial charge in [-0.05, 0) is 37.4 Å². The molecule has 0 radical (unpaired) electrons. The highest BCUT2D eigenvalue weighted by Gasteiger charge is 2.15. The molecule has 5 nitrogen and oxygen atoms in total. The molecule has 0 amide bonds. The van der Waals surface area contributed by atoms with E-state index in [4.69, 9.17) is 9.15 Å². The summed E-state index contributed by atoms with van der Waals surface area (Å²) in [6, 6.07) is 3.42. The molecule has 1 aromatic rings. The van der Waals surface area contributed by atoms with Crippen molar-refractivity contribution in [1.82, 2.24) is 5.32 Å². The minimum atomic E-state index is -0.440. The molecule has 1 aromatic heterocycles. The standard InChI is InChI=1S/C13H19NO4/c1-16-13(15)12-3-2-11(18-12)8-14-6-4-10-5-7-17-9-10/h2-3,10,14H,4-9H2,1H3. The van der Waals surface area contributed by atoms with Crippen molar-refractivity contribution < 1.29 is 18.7 Å². The quantitative estimate of drug-likeness (QED) is 0.616. The molecule has 2 heterocycles. The van der Waals surface area contributed by atoms with Crippen LogP contribution in [-0.2, 0) is 16.0 Å². The molecule has 1 N–H and O–H groups in total. The van der Waals surface area contributed by atoms with Crippen LogP contribution in [0.1, 0.15) is 29.2 Å². The van der Waals surface area contributed by atoms with Gasteiger partial charge in [0.05, 0.1) is 13.7 Å². The lowest BCUT2D eigenvalue weighted by Crippen LogP contribution is -2.17. The van der Waals surface area contributed by atoms with Crippen LogP contribution in [0.4, 0.5) is 0 Å². The first-order valence-electron chi connectivity index (χ1n) is 6.25. The Hall–Kier alpha value is -1.33. The number of hydrogen-bond acceptors (Lipinski definition) is 5. The van der Waals surface area contributed by atoms with Gasteiger partial charge in [0.2, 0.25) is 5.76 Å². The van der Waals surface area contributed by atoms with Crippen LogP contribution in [0.2, 0.25) is 0 Å². The number of carbonyl (C=O) groups is 1. The number of carbonyl (C=O) groups excluding carboxylic acids is 1. The zero-order valence-corrected chi connectivity index (χ0v) is 10.6. The number of methoxy groups -OCH3 is 1. The van der Waals surface area contributed by atoms with Crippen LogP contribution < -0.4 is 5.32 Å². The Morgan fingerprint density at radius 2 is 2.44 bits per heavy atom. The molecular weight excluding hydrogens is 234 g/mol. The molecule has 1 atom stereocenters. The minimum Gasteiger partial charge on any atom is -0.463 e. The van der Waals surface area contributed by atoms with Crippen molar-refractivity contribution in [1.29, 1.82) is 0 Å². The molecule has 0 spiro atoms. The van der Waals surface area contributed by atoms with Crippen molar-refractivity contribution in [3.63, 3.8) is 0 Å². The zero-order chi connectivity index (χ0) is 12.8. The molecule has 1 aliphatic rings. The fourth-order valence-corrected chi connectivity index (χ4v) is 2.01. The summed E-state index contributed by atoms with van der Waals surface area (Å²) < 4.78 is 15.2. The second-order valence-corrected chi connectivity index (χ2v) is 4.45. The second-order valence-electron chi connectivity index (χ2n) is 4.45. The van der Waals surface area contributed by atoms with Gasteiger partial charge in [-0.15, -0.1) is 0 Å². The van der Waals surface area contributed by atoms with E-state index in [-0.39, 0.29) is 5.76 Å². The van der Waals surface area contributed by atoms with Crippen LogP contribution >= 0.6 is 0 Å². The fourth-order valence-electron chi connectivity index (χ4n) is 2.01. The lowest BCUT2D eigenvalue weighted by Gasteiger charge is -2.07. The van der Waals surface area contributed by atoms with E-state index in [0.717, 1.165) is 38.4 Å². The van der Waals surface area contributed by atoms with Gasteiger partial charge >= 0.3 is 5.97 Å². The molecule has 0 saturated carbocycles. The third kappa shape index (κ3) is 3.58. The van der Waals surface area contributed by atoms with E-state index in [1.54, 1.807) is 12.1 Å². The first-order chi connectivity index (χ1) is 8.79. The van der Waals surface area contributed by atoms with E-state index in [2.05, 4.69) is 10.1 Å². The van der Waals surface area contributed by atoms with Crippen molar-refractivity contribution in [2.24, 2.45) is 5.92 Å². The zero-order valence-electron chi connectivity index (χ0n) is 10.6. The lowest BCUT2D eigenvalue weighted by atomic mass is 10.1. The second kappa shape index (κ2) is 6.56. The van der Waals surface area contributed by atoms with Crippen molar-refractivity contribution in [3.8, 4) is 0 Å². The van der Waals surface area contributed by atoms with Gasteiger partial charge in [-0.2, -0.15) is 0 Å². The van der Waals surface area contributed by atoms with Crippen LogP contribution in [-0.4, -0.2) is 32.8 Å². The van der Waals surface area contributed by atoms with Gasteiger partial charge < -0.3 is 19.2 Å². The third-order valence-electron chi connectivity index (χ3n) is 3.10. The summed E-state index contributed by atoms with van der Waals surface area (Å²) in [5.41, 5.74) is 0. The highest BCUT2D eigenvalue weighted by molar-refractivity contribution is 5.86. The van der Waals surface area contributed by atoms with Crippen LogP contribution in [0.25, 0.3) is 0 Å². The number of hydrogen-bond donors (Lipinski definition) is 1. The Kier molecular flexibility index (Phi) is 4.78. The molecular formula is C13H19NO4. The van der Waals surface area contributed by atoms with E-state index in [1.165, 1.54) is 7.11 Å². The first-order valence-corrected chi connectivity index (χ1v) is 6.25. The van der Waals surface area contributed by atoms with Crippen molar-refractivity contribution in [3.05, 3.63) is 23.7 Å². The van der Waals surface area contributed by atoms with E-state index in [9.17, 15) is 4.79 Å². The molecule has 18 heavy (non-hydrogen) atoms. The van der Waals surface area contributed by atoms with Crippen molar-refractivity contribution in [2.45, 2.75) is 19.4 Å². The van der Waals surface area contributed by atoms with Gasteiger partial charge in [0.25, 0.3) is 0 Å². The summed E-state index contributed by atoms with van der Waals surface area (Å²) in [4.78, 5) is 11.2. The predicted molar refractivity (Wildman–Crippen MR) is 65.3 cm³/mol. The Labute approximate surface area is 106 Å².